The zero-order valence-corrected chi connectivity index (χ0v) is 14.7. The number of aliphatic carboxylic acids is 1. The molecule has 0 spiro atoms. The van der Waals surface area contributed by atoms with Crippen LogP contribution in [0.2, 0.25) is 0 Å². The van der Waals surface area contributed by atoms with Gasteiger partial charge in [-0.25, -0.2) is 0 Å². The third-order valence-corrected chi connectivity index (χ3v) is 3.76. The molecule has 0 bridgehead atoms. The molecule has 1 saturated heterocycles. The van der Waals surface area contributed by atoms with Crippen LogP contribution in [0.15, 0.2) is 24.3 Å². The highest BCUT2D eigenvalue weighted by molar-refractivity contribution is 5.94. The summed E-state index contributed by atoms with van der Waals surface area (Å²) in [7, 11) is 0. The molecule has 1 aromatic rings. The van der Waals surface area contributed by atoms with Crippen molar-refractivity contribution in [3.05, 3.63) is 35.4 Å². The molecule has 1 aromatic carbocycles. The number of nitrogens with two attached hydrogens (primary N) is 1. The summed E-state index contributed by atoms with van der Waals surface area (Å²) >= 11 is 0. The summed E-state index contributed by atoms with van der Waals surface area (Å²) in [5, 5.41) is 17.4. The third-order valence-electron chi connectivity index (χ3n) is 3.76. The van der Waals surface area contributed by atoms with Gasteiger partial charge in [0.15, 0.2) is 0 Å². The maximum Gasteiger partial charge on any atom is 0.315 e. The van der Waals surface area contributed by atoms with Crippen LogP contribution in [0.25, 0.3) is 0 Å². The molecule has 0 saturated carbocycles. The zero-order valence-electron chi connectivity index (χ0n) is 14.7. The Hall–Kier alpha value is -3.04. The minimum absolute atomic E-state index is 0.0484. The first-order valence-corrected chi connectivity index (χ1v) is 8.12. The molecule has 148 valence electrons. The molecular weight excluding hydrogens is 362 g/mol. The number of nitrogen functional groups attached to an aromatic ring is 1. The highest BCUT2D eigenvalue weighted by Crippen LogP contribution is 2.19. The van der Waals surface area contributed by atoms with Gasteiger partial charge in [-0.1, -0.05) is 24.3 Å². The van der Waals surface area contributed by atoms with Gasteiger partial charge in [0.2, 0.25) is 5.91 Å². The standard InChI is InChI=1S/C15H18F2N4O2.C2H4O2/c16-12(17)15(23)21-7-1-2-11(21)14(22)20-8-9-3-5-10(6-4-9)13(18)19;1-2(3)4/h3-6,11-12H,1-2,7-8H2,(H3,18,19)(H,20,22);1H3,(H,3,4)/t11-;/m0./s1. The number of nitrogens with zero attached hydrogens (tertiary/aromatic N) is 1. The average Bonchev–Trinajstić information content (AvgIpc) is 3.08. The van der Waals surface area contributed by atoms with E-state index in [9.17, 15) is 18.4 Å². The Morgan fingerprint density at radius 3 is 2.37 bits per heavy atom. The summed E-state index contributed by atoms with van der Waals surface area (Å²) in [5.74, 6) is -2.62. The summed E-state index contributed by atoms with van der Waals surface area (Å²) in [6.45, 7) is 1.47. The van der Waals surface area contributed by atoms with Gasteiger partial charge in [-0.05, 0) is 18.4 Å². The van der Waals surface area contributed by atoms with Crippen LogP contribution >= 0.6 is 0 Å². The van der Waals surface area contributed by atoms with Gasteiger partial charge in [0, 0.05) is 25.6 Å². The second-order valence-corrected chi connectivity index (χ2v) is 5.84. The lowest BCUT2D eigenvalue weighted by molar-refractivity contribution is -0.147. The van der Waals surface area contributed by atoms with Gasteiger partial charge in [-0.15, -0.1) is 0 Å². The predicted molar refractivity (Wildman–Crippen MR) is 93.4 cm³/mol. The van der Waals surface area contributed by atoms with E-state index in [0.29, 0.717) is 18.4 Å². The number of benzene rings is 1. The molecule has 8 nitrogen and oxygen atoms in total. The number of hydrogen-bond donors (Lipinski definition) is 4. The number of alkyl halides is 2. The Morgan fingerprint density at radius 2 is 1.89 bits per heavy atom. The highest BCUT2D eigenvalue weighted by Gasteiger charge is 2.37. The van der Waals surface area contributed by atoms with Gasteiger partial charge in [-0.3, -0.25) is 19.8 Å². The first-order valence-electron chi connectivity index (χ1n) is 8.12. The molecular formula is C17H22F2N4O4. The Balaban J connectivity index is 0.000000828. The van der Waals surface area contributed by atoms with Gasteiger partial charge >= 0.3 is 6.43 Å². The number of carbonyl (C=O) groups is 3. The normalized spacial score (nSPS) is 15.7. The average molecular weight is 384 g/mol. The number of carboxylic acid groups (broad SMARTS) is 1. The van der Waals surface area contributed by atoms with Crippen molar-refractivity contribution in [3.63, 3.8) is 0 Å². The molecule has 0 unspecified atom stereocenters. The van der Waals surface area contributed by atoms with Crippen LogP contribution in [0.3, 0.4) is 0 Å². The summed E-state index contributed by atoms with van der Waals surface area (Å²) in [5.41, 5.74) is 6.71. The van der Waals surface area contributed by atoms with E-state index in [1.54, 1.807) is 24.3 Å². The first kappa shape index (κ1) is 22.0. The second-order valence-electron chi connectivity index (χ2n) is 5.84. The van der Waals surface area contributed by atoms with Crippen LogP contribution in [-0.2, 0) is 20.9 Å². The van der Waals surface area contributed by atoms with Crippen LogP contribution < -0.4 is 11.1 Å². The molecule has 0 aromatic heterocycles. The number of carbonyl (C=O) groups excluding carboxylic acids is 2. The maximum atomic E-state index is 12.5. The summed E-state index contributed by atoms with van der Waals surface area (Å²) in [4.78, 5) is 33.5. The lowest BCUT2D eigenvalue weighted by Crippen LogP contribution is -2.47. The predicted octanol–water partition coefficient (Wildman–Crippen LogP) is 0.934. The van der Waals surface area contributed by atoms with Crippen molar-refractivity contribution >= 4 is 23.6 Å². The molecule has 27 heavy (non-hydrogen) atoms. The quantitative estimate of drug-likeness (QED) is 0.442. The number of hydrogen-bond acceptors (Lipinski definition) is 4. The number of nitrogens with one attached hydrogen (secondary N) is 2. The van der Waals surface area contributed by atoms with E-state index in [0.717, 1.165) is 17.4 Å². The van der Waals surface area contributed by atoms with Crippen molar-refractivity contribution < 1.29 is 28.3 Å². The van der Waals surface area contributed by atoms with Crippen LogP contribution in [-0.4, -0.2) is 52.6 Å². The second kappa shape index (κ2) is 10.2. The van der Waals surface area contributed by atoms with Crippen LogP contribution in [0.5, 0.6) is 0 Å². The summed E-state index contributed by atoms with van der Waals surface area (Å²) in [6.07, 6.45) is -2.18. The van der Waals surface area contributed by atoms with Gasteiger partial charge in [-0.2, -0.15) is 8.78 Å². The first-order chi connectivity index (χ1) is 12.6. The van der Waals surface area contributed by atoms with Gasteiger partial charge in [0.25, 0.3) is 11.9 Å². The molecule has 5 N–H and O–H groups in total. The summed E-state index contributed by atoms with van der Waals surface area (Å²) in [6, 6.07) is 5.91. The molecule has 1 heterocycles. The molecule has 10 heteroatoms. The minimum Gasteiger partial charge on any atom is -0.481 e. The Morgan fingerprint density at radius 1 is 1.33 bits per heavy atom. The molecule has 1 aliphatic heterocycles. The number of carboxylic acids is 1. The van der Waals surface area contributed by atoms with Gasteiger partial charge < -0.3 is 21.1 Å². The van der Waals surface area contributed by atoms with Crippen molar-refractivity contribution in [2.45, 2.75) is 38.8 Å². The molecule has 1 aliphatic rings. The van der Waals surface area contributed by atoms with Crippen molar-refractivity contribution in [1.82, 2.24) is 10.2 Å². The Kier molecular flexibility index (Phi) is 8.31. The van der Waals surface area contributed by atoms with Crippen molar-refractivity contribution in [1.29, 1.82) is 5.41 Å². The van der Waals surface area contributed by atoms with E-state index in [2.05, 4.69) is 5.32 Å². The topological polar surface area (TPSA) is 137 Å². The maximum absolute atomic E-state index is 12.5. The minimum atomic E-state index is -3.09. The number of halogens is 2. The fourth-order valence-electron chi connectivity index (χ4n) is 2.54. The van der Waals surface area contributed by atoms with Crippen LogP contribution in [0.1, 0.15) is 30.9 Å². The molecule has 0 radical (unpaired) electrons. The highest BCUT2D eigenvalue weighted by atomic mass is 19.3. The molecule has 1 atom stereocenters. The third kappa shape index (κ3) is 7.00. The SMILES string of the molecule is CC(=O)O.N=C(N)c1ccc(CNC(=O)[C@@H]2CCCN2C(=O)C(F)F)cc1. The number of amides is 2. The lowest BCUT2D eigenvalue weighted by Gasteiger charge is -2.23. The molecule has 2 amide bonds. The fourth-order valence-corrected chi connectivity index (χ4v) is 2.54. The van der Waals surface area contributed by atoms with E-state index in [1.165, 1.54) is 0 Å². The molecule has 0 aliphatic carbocycles. The van der Waals surface area contributed by atoms with E-state index >= 15 is 0 Å². The molecule has 1 fully saturated rings. The van der Waals surface area contributed by atoms with E-state index in [-0.39, 0.29) is 18.9 Å². The monoisotopic (exact) mass is 384 g/mol. The Labute approximate surface area is 154 Å². The van der Waals surface area contributed by atoms with Crippen molar-refractivity contribution in [2.75, 3.05) is 6.54 Å². The smallest absolute Gasteiger partial charge is 0.315 e. The zero-order chi connectivity index (χ0) is 20.6. The van der Waals surface area contributed by atoms with E-state index in [4.69, 9.17) is 21.0 Å². The van der Waals surface area contributed by atoms with Crippen molar-refractivity contribution in [3.8, 4) is 0 Å². The fraction of sp³-hybridized carbons (Fsp3) is 0.412. The number of likely N-dealkylation sites (tertiary alicyclic amines) is 1. The molecule has 2 rings (SSSR count). The summed E-state index contributed by atoms with van der Waals surface area (Å²) < 4.78 is 25.0. The van der Waals surface area contributed by atoms with Crippen LogP contribution in [0.4, 0.5) is 8.78 Å². The van der Waals surface area contributed by atoms with Crippen molar-refractivity contribution in [2.24, 2.45) is 5.73 Å². The largest absolute Gasteiger partial charge is 0.481 e. The number of amidine groups is 1. The van der Waals surface area contributed by atoms with Gasteiger partial charge in [0.1, 0.15) is 11.9 Å². The Bertz CT molecular complexity index is 691. The van der Waals surface area contributed by atoms with Gasteiger partial charge in [0.05, 0.1) is 0 Å². The number of rotatable bonds is 5. The van der Waals surface area contributed by atoms with E-state index in [1.807, 2.05) is 0 Å². The lowest BCUT2D eigenvalue weighted by atomic mass is 10.1. The van der Waals surface area contributed by atoms with E-state index < -0.39 is 30.3 Å². The van der Waals surface area contributed by atoms with Crippen LogP contribution in [0, 0.1) is 5.41 Å².